The minimum Gasteiger partial charge on any atom is -0.289 e. The van der Waals surface area contributed by atoms with Crippen LogP contribution in [0.25, 0.3) is 16.9 Å². The number of imidazole rings is 1. The van der Waals surface area contributed by atoms with E-state index in [0.717, 1.165) is 17.7 Å². The van der Waals surface area contributed by atoms with Gasteiger partial charge < -0.3 is 0 Å². The number of rotatable bonds is 3. The summed E-state index contributed by atoms with van der Waals surface area (Å²) in [4.78, 5) is 3.94. The van der Waals surface area contributed by atoms with Crippen LogP contribution in [0.15, 0.2) is 43.1 Å². The molecule has 0 saturated carbocycles. The third-order valence-electron chi connectivity index (χ3n) is 3.37. The highest BCUT2D eigenvalue weighted by Gasteiger charge is 2.16. The summed E-state index contributed by atoms with van der Waals surface area (Å²) in [5, 5.41) is 7.93. The van der Waals surface area contributed by atoms with Gasteiger partial charge in [0.15, 0.2) is 5.82 Å². The van der Waals surface area contributed by atoms with E-state index in [1.165, 1.54) is 12.3 Å². The topological polar surface area (TPSA) is 43.6 Å². The van der Waals surface area contributed by atoms with Crippen molar-refractivity contribution in [2.24, 2.45) is 0 Å². The summed E-state index contributed by atoms with van der Waals surface area (Å²) in [5.41, 5.74) is 1.18. The fraction of sp³-hybridized carbons (Fsp3) is 0.133. The van der Waals surface area contributed by atoms with E-state index < -0.39 is 17.8 Å². The number of hydrogen-bond acceptors (Lipinski definition) is 3. The predicted molar refractivity (Wildman–Crippen MR) is 81.5 cm³/mol. The monoisotopic (exact) mass is 340 g/mol. The van der Waals surface area contributed by atoms with E-state index in [9.17, 15) is 13.2 Å². The number of benzene rings is 1. The zero-order chi connectivity index (χ0) is 15.7. The molecule has 0 N–H and O–H groups in total. The van der Waals surface area contributed by atoms with Crippen molar-refractivity contribution < 1.29 is 13.2 Å². The lowest BCUT2D eigenvalue weighted by Gasteiger charge is -2.11. The molecule has 0 spiro atoms. The lowest BCUT2D eigenvalue weighted by molar-refractivity contribution is 0.146. The number of nitrogens with zero attached hydrogens (tertiary/aromatic N) is 4. The van der Waals surface area contributed by atoms with E-state index in [0.29, 0.717) is 16.9 Å². The lowest BCUT2D eigenvalue weighted by atomic mass is 10.0. The van der Waals surface area contributed by atoms with Crippen LogP contribution in [-0.4, -0.2) is 19.7 Å². The van der Waals surface area contributed by atoms with Crippen molar-refractivity contribution in [1.82, 2.24) is 19.7 Å². The van der Waals surface area contributed by atoms with E-state index in [1.54, 1.807) is 30.2 Å². The molecule has 0 fully saturated rings. The molecule has 0 unspecified atom stereocenters. The Hall–Kier alpha value is -2.41. The first-order valence-corrected chi connectivity index (χ1v) is 6.46. The Kier molecular flexibility index (Phi) is 5.00. The molecular formula is C15H12ClF3N4. The number of aromatic nitrogens is 4. The Morgan fingerprint density at radius 1 is 1.22 bits per heavy atom. The molecule has 23 heavy (non-hydrogen) atoms. The van der Waals surface area contributed by atoms with Gasteiger partial charge in [-0.2, -0.15) is 5.10 Å². The number of hydrogen-bond donors (Lipinski definition) is 0. The Morgan fingerprint density at radius 3 is 2.65 bits per heavy atom. The summed E-state index contributed by atoms with van der Waals surface area (Å²) in [6, 6.07) is 3.62. The minimum absolute atomic E-state index is 0. The summed E-state index contributed by atoms with van der Waals surface area (Å²) in [6.45, 7) is 1.80. The molecule has 1 aromatic carbocycles. The SMILES string of the molecule is Cc1c(-c2ccc(F)c(C(F)F)c2)cnnc1-n1ccnc1.Cl. The molecule has 0 radical (unpaired) electrons. The largest absolute Gasteiger partial charge is 0.289 e. The molecule has 0 atom stereocenters. The van der Waals surface area contributed by atoms with Crippen molar-refractivity contribution in [2.45, 2.75) is 13.3 Å². The lowest BCUT2D eigenvalue weighted by Crippen LogP contribution is -2.02. The van der Waals surface area contributed by atoms with Gasteiger partial charge in [0.2, 0.25) is 0 Å². The van der Waals surface area contributed by atoms with E-state index in [1.807, 2.05) is 0 Å². The second-order valence-corrected chi connectivity index (χ2v) is 4.71. The Bertz CT molecular complexity index is 806. The fourth-order valence-electron chi connectivity index (χ4n) is 2.23. The molecule has 0 aliphatic heterocycles. The van der Waals surface area contributed by atoms with Gasteiger partial charge in [0.1, 0.15) is 12.1 Å². The van der Waals surface area contributed by atoms with Crippen molar-refractivity contribution in [1.29, 1.82) is 0 Å². The average Bonchev–Trinajstić information content (AvgIpc) is 3.02. The van der Waals surface area contributed by atoms with Crippen LogP contribution in [0.4, 0.5) is 13.2 Å². The molecule has 3 rings (SSSR count). The van der Waals surface area contributed by atoms with E-state index >= 15 is 0 Å². The Labute approximate surface area is 136 Å². The van der Waals surface area contributed by atoms with Gasteiger partial charge in [0.25, 0.3) is 6.43 Å². The van der Waals surface area contributed by atoms with Gasteiger partial charge in [-0.05, 0) is 24.6 Å². The molecule has 120 valence electrons. The standard InChI is InChI=1S/C15H11F3N4.ClH/c1-9-12(7-20-21-15(9)22-5-4-19-8-22)10-2-3-13(16)11(6-10)14(17)18;/h2-8,14H,1H3;1H. The smallest absolute Gasteiger partial charge is 0.266 e. The van der Waals surface area contributed by atoms with Crippen LogP contribution in [0.1, 0.15) is 17.6 Å². The van der Waals surface area contributed by atoms with E-state index in [4.69, 9.17) is 0 Å². The molecule has 4 nitrogen and oxygen atoms in total. The number of halogens is 4. The second-order valence-electron chi connectivity index (χ2n) is 4.71. The predicted octanol–water partition coefficient (Wildman–Crippen LogP) is 4.14. The maximum Gasteiger partial charge on any atom is 0.266 e. The summed E-state index contributed by atoms with van der Waals surface area (Å²) < 4.78 is 40.8. The molecule has 0 aliphatic rings. The highest BCUT2D eigenvalue weighted by atomic mass is 35.5. The van der Waals surface area contributed by atoms with Crippen LogP contribution in [0, 0.1) is 12.7 Å². The zero-order valence-electron chi connectivity index (χ0n) is 11.9. The maximum atomic E-state index is 13.4. The molecular weight excluding hydrogens is 329 g/mol. The van der Waals surface area contributed by atoms with Crippen LogP contribution in [0.5, 0.6) is 0 Å². The van der Waals surface area contributed by atoms with Crippen LogP contribution < -0.4 is 0 Å². The minimum atomic E-state index is -2.87. The quantitative estimate of drug-likeness (QED) is 0.720. The maximum absolute atomic E-state index is 13.4. The van der Waals surface area contributed by atoms with Crippen molar-refractivity contribution in [3.8, 4) is 16.9 Å². The number of alkyl halides is 2. The Balaban J connectivity index is 0.00000192. The normalized spacial score (nSPS) is 10.7. The van der Waals surface area contributed by atoms with Crippen LogP contribution in [0.3, 0.4) is 0 Å². The van der Waals surface area contributed by atoms with Gasteiger partial charge in [0, 0.05) is 23.5 Å². The van der Waals surface area contributed by atoms with Gasteiger partial charge >= 0.3 is 0 Å². The molecule has 0 aliphatic carbocycles. The summed E-state index contributed by atoms with van der Waals surface area (Å²) in [6.07, 6.45) is 3.47. The fourth-order valence-corrected chi connectivity index (χ4v) is 2.23. The average molecular weight is 341 g/mol. The van der Waals surface area contributed by atoms with Gasteiger partial charge in [-0.25, -0.2) is 18.2 Å². The van der Waals surface area contributed by atoms with Crippen LogP contribution >= 0.6 is 12.4 Å². The van der Waals surface area contributed by atoms with Crippen molar-refractivity contribution in [3.63, 3.8) is 0 Å². The van der Waals surface area contributed by atoms with Gasteiger partial charge in [-0.3, -0.25) is 4.57 Å². The van der Waals surface area contributed by atoms with Crippen molar-refractivity contribution >= 4 is 12.4 Å². The first kappa shape index (κ1) is 17.0. The molecule has 0 saturated heterocycles. The second kappa shape index (κ2) is 6.78. The third kappa shape index (κ3) is 3.19. The highest BCUT2D eigenvalue weighted by molar-refractivity contribution is 5.85. The first-order valence-electron chi connectivity index (χ1n) is 6.46. The zero-order valence-corrected chi connectivity index (χ0v) is 12.8. The summed E-state index contributed by atoms with van der Waals surface area (Å²) >= 11 is 0. The third-order valence-corrected chi connectivity index (χ3v) is 3.37. The van der Waals surface area contributed by atoms with Crippen LogP contribution in [-0.2, 0) is 0 Å². The van der Waals surface area contributed by atoms with Crippen molar-refractivity contribution in [3.05, 3.63) is 60.1 Å². The molecule has 2 heterocycles. The molecule has 3 aromatic rings. The van der Waals surface area contributed by atoms with E-state index in [-0.39, 0.29) is 12.4 Å². The highest BCUT2D eigenvalue weighted by Crippen LogP contribution is 2.30. The van der Waals surface area contributed by atoms with Gasteiger partial charge in [-0.1, -0.05) is 6.07 Å². The van der Waals surface area contributed by atoms with Crippen molar-refractivity contribution in [2.75, 3.05) is 0 Å². The molecule has 0 amide bonds. The molecule has 2 aromatic heterocycles. The molecule has 0 bridgehead atoms. The molecule has 8 heteroatoms. The van der Waals surface area contributed by atoms with Gasteiger partial charge in [0.05, 0.1) is 11.8 Å². The Morgan fingerprint density at radius 2 is 2.00 bits per heavy atom. The summed E-state index contributed by atoms with van der Waals surface area (Å²) in [7, 11) is 0. The summed E-state index contributed by atoms with van der Waals surface area (Å²) in [5.74, 6) is -0.383. The van der Waals surface area contributed by atoms with Crippen LogP contribution in [0.2, 0.25) is 0 Å². The van der Waals surface area contributed by atoms with Gasteiger partial charge in [-0.15, -0.1) is 17.5 Å². The van der Waals surface area contributed by atoms with E-state index in [2.05, 4.69) is 15.2 Å². The first-order chi connectivity index (χ1) is 10.6.